The van der Waals surface area contributed by atoms with Crippen LogP contribution in [0.4, 0.5) is 0 Å². The molecule has 1 rings (SSSR count). The van der Waals surface area contributed by atoms with Crippen molar-refractivity contribution in [2.75, 3.05) is 6.54 Å². The second-order valence-corrected chi connectivity index (χ2v) is 6.31. The molecule has 1 atom stereocenters. The minimum Gasteiger partial charge on any atom is -0.288 e. The second kappa shape index (κ2) is 7.21. The highest BCUT2D eigenvalue weighted by molar-refractivity contribution is 14.1. The lowest BCUT2D eigenvalue weighted by Crippen LogP contribution is -2.32. The quantitative estimate of drug-likeness (QED) is 0.302. The van der Waals surface area contributed by atoms with Crippen LogP contribution in [0.3, 0.4) is 0 Å². The number of amides is 2. The van der Waals surface area contributed by atoms with E-state index in [2.05, 4.69) is 0 Å². The summed E-state index contributed by atoms with van der Waals surface area (Å²) in [5.74, 6) is 0.0418. The monoisotopic (exact) mass is 365 g/mol. The van der Waals surface area contributed by atoms with Gasteiger partial charge in [-0.05, 0) is 41.4 Å². The lowest BCUT2D eigenvalue weighted by atomic mass is 9.94. The van der Waals surface area contributed by atoms with Gasteiger partial charge in [0, 0.05) is 25.3 Å². The number of halogens is 1. The molecule has 1 aliphatic rings. The normalized spacial score (nSPS) is 20.0. The van der Waals surface area contributed by atoms with E-state index in [1.54, 1.807) is 22.6 Å². The molecule has 1 fully saturated rings. The Bertz CT molecular complexity index is 341. The van der Waals surface area contributed by atoms with Gasteiger partial charge in [0.15, 0.2) is 3.79 Å². The van der Waals surface area contributed by atoms with Crippen molar-refractivity contribution in [2.45, 2.75) is 46.0 Å². The van der Waals surface area contributed by atoms with Gasteiger partial charge in [-0.2, -0.15) is 0 Å². The smallest absolute Gasteiger partial charge is 0.233 e. The first-order valence-corrected chi connectivity index (χ1v) is 7.54. The second-order valence-electron chi connectivity index (χ2n) is 5.10. The molecule has 5 heteroatoms. The molecule has 0 aromatic heterocycles. The lowest BCUT2D eigenvalue weighted by Gasteiger charge is -2.16. The summed E-state index contributed by atoms with van der Waals surface area (Å²) in [5, 5.41) is 0. The van der Waals surface area contributed by atoms with Gasteiger partial charge in [0.25, 0.3) is 0 Å². The average molecular weight is 365 g/mol. The first kappa shape index (κ1) is 15.6. The number of nitrogens with zero attached hydrogens (tertiary/aromatic N) is 1. The Balaban J connectivity index is 2.32. The van der Waals surface area contributed by atoms with Gasteiger partial charge in [-0.15, -0.1) is 0 Å². The summed E-state index contributed by atoms with van der Waals surface area (Å²) < 4.78 is 0.167. The van der Waals surface area contributed by atoms with Crippen molar-refractivity contribution in [3.05, 3.63) is 0 Å². The summed E-state index contributed by atoms with van der Waals surface area (Å²) in [6, 6.07) is 0. The number of rotatable bonds is 7. The molecule has 0 aliphatic carbocycles. The Kier molecular flexibility index (Phi) is 6.25. The fourth-order valence-corrected chi connectivity index (χ4v) is 2.56. The molecular formula is C13H20INO3. The van der Waals surface area contributed by atoms with Crippen LogP contribution in [0.1, 0.15) is 46.0 Å². The van der Waals surface area contributed by atoms with Crippen LogP contribution in [-0.2, 0) is 14.4 Å². The van der Waals surface area contributed by atoms with E-state index in [4.69, 9.17) is 0 Å². The number of unbranched alkanes of at least 4 members (excludes halogenated alkanes) is 2. The maximum absolute atomic E-state index is 12.0. The third-order valence-corrected chi connectivity index (χ3v) is 3.88. The molecule has 1 heterocycles. The third kappa shape index (κ3) is 4.33. The van der Waals surface area contributed by atoms with Crippen molar-refractivity contribution in [3.8, 4) is 0 Å². The Morgan fingerprint density at radius 1 is 1.33 bits per heavy atom. The maximum atomic E-state index is 12.0. The zero-order valence-corrected chi connectivity index (χ0v) is 13.1. The lowest BCUT2D eigenvalue weighted by molar-refractivity contribution is -0.139. The predicted octanol–water partition coefficient (Wildman–Crippen LogP) is 2.54. The van der Waals surface area contributed by atoms with Crippen LogP contribution < -0.4 is 0 Å². The number of imide groups is 1. The standard InChI is InChI=1S/C13H20INO3/c1-9(2)10-8-12(17)15(13(10)18)7-5-3-4-6-11(14)16/h9-10H,3-8H2,1-2H3. The van der Waals surface area contributed by atoms with Crippen molar-refractivity contribution >= 4 is 38.2 Å². The summed E-state index contributed by atoms with van der Waals surface area (Å²) in [6.07, 6.45) is 3.47. The molecule has 0 bridgehead atoms. The minimum atomic E-state index is -0.131. The van der Waals surface area contributed by atoms with Gasteiger partial charge < -0.3 is 0 Å². The molecule has 1 unspecified atom stereocenters. The highest BCUT2D eigenvalue weighted by Gasteiger charge is 2.39. The van der Waals surface area contributed by atoms with Crippen molar-refractivity contribution in [3.63, 3.8) is 0 Å². The first-order valence-electron chi connectivity index (χ1n) is 6.46. The van der Waals surface area contributed by atoms with Crippen molar-refractivity contribution in [1.29, 1.82) is 0 Å². The van der Waals surface area contributed by atoms with Gasteiger partial charge in [-0.25, -0.2) is 0 Å². The topological polar surface area (TPSA) is 54.5 Å². The molecule has 4 nitrogen and oxygen atoms in total. The Labute approximate surface area is 122 Å². The molecule has 0 radical (unpaired) electrons. The molecule has 2 amide bonds. The van der Waals surface area contributed by atoms with E-state index >= 15 is 0 Å². The van der Waals surface area contributed by atoms with Crippen LogP contribution in [0.25, 0.3) is 0 Å². The fourth-order valence-electron chi connectivity index (χ4n) is 2.18. The number of carbonyl (C=O) groups excluding carboxylic acids is 3. The number of hydrogen-bond acceptors (Lipinski definition) is 3. The van der Waals surface area contributed by atoms with E-state index in [1.165, 1.54) is 4.90 Å². The summed E-state index contributed by atoms with van der Waals surface area (Å²) in [7, 11) is 0. The first-order chi connectivity index (χ1) is 8.43. The number of carbonyl (C=O) groups is 3. The van der Waals surface area contributed by atoms with E-state index < -0.39 is 0 Å². The summed E-state index contributed by atoms with van der Waals surface area (Å²) in [6.45, 7) is 4.47. The molecule has 1 aliphatic heterocycles. The van der Waals surface area contributed by atoms with Gasteiger partial charge in [0.05, 0.1) is 0 Å². The zero-order valence-electron chi connectivity index (χ0n) is 10.9. The molecule has 0 aromatic carbocycles. The van der Waals surface area contributed by atoms with Crippen LogP contribution in [0.15, 0.2) is 0 Å². The predicted molar refractivity (Wildman–Crippen MR) is 77.2 cm³/mol. The van der Waals surface area contributed by atoms with E-state index in [9.17, 15) is 14.4 Å². The molecule has 0 spiro atoms. The van der Waals surface area contributed by atoms with Gasteiger partial charge >= 0.3 is 0 Å². The van der Waals surface area contributed by atoms with Crippen LogP contribution in [0.5, 0.6) is 0 Å². The Morgan fingerprint density at radius 3 is 2.50 bits per heavy atom. The zero-order chi connectivity index (χ0) is 13.7. The molecule has 1 saturated heterocycles. The Morgan fingerprint density at radius 2 is 2.00 bits per heavy atom. The Hall–Kier alpha value is -0.460. The van der Waals surface area contributed by atoms with Crippen molar-refractivity contribution < 1.29 is 14.4 Å². The van der Waals surface area contributed by atoms with Gasteiger partial charge in [0.2, 0.25) is 11.8 Å². The highest BCUT2D eigenvalue weighted by Crippen LogP contribution is 2.26. The highest BCUT2D eigenvalue weighted by atomic mass is 127. The van der Waals surface area contributed by atoms with E-state index in [-0.39, 0.29) is 27.4 Å². The minimum absolute atomic E-state index is 0.0139. The summed E-state index contributed by atoms with van der Waals surface area (Å²) in [4.78, 5) is 35.9. The molecule has 0 N–H and O–H groups in total. The molecule has 0 aromatic rings. The fraction of sp³-hybridized carbons (Fsp3) is 0.769. The van der Waals surface area contributed by atoms with Gasteiger partial charge in [-0.1, -0.05) is 20.3 Å². The molecular weight excluding hydrogens is 345 g/mol. The van der Waals surface area contributed by atoms with Crippen molar-refractivity contribution in [1.82, 2.24) is 4.90 Å². The van der Waals surface area contributed by atoms with Crippen LogP contribution >= 0.6 is 22.6 Å². The number of hydrogen-bond donors (Lipinski definition) is 0. The van der Waals surface area contributed by atoms with Crippen molar-refractivity contribution in [2.24, 2.45) is 11.8 Å². The largest absolute Gasteiger partial charge is 0.288 e. The van der Waals surface area contributed by atoms with Gasteiger partial charge in [0.1, 0.15) is 0 Å². The van der Waals surface area contributed by atoms with Crippen LogP contribution in [0, 0.1) is 11.8 Å². The van der Waals surface area contributed by atoms with E-state index in [1.807, 2.05) is 13.8 Å². The van der Waals surface area contributed by atoms with E-state index in [0.29, 0.717) is 19.4 Å². The maximum Gasteiger partial charge on any atom is 0.233 e. The van der Waals surface area contributed by atoms with Gasteiger partial charge in [-0.3, -0.25) is 19.3 Å². The number of likely N-dealkylation sites (tertiary alicyclic amines) is 1. The van der Waals surface area contributed by atoms with Crippen LogP contribution in [-0.4, -0.2) is 27.0 Å². The van der Waals surface area contributed by atoms with E-state index in [0.717, 1.165) is 19.3 Å². The summed E-state index contributed by atoms with van der Waals surface area (Å²) >= 11 is 1.79. The molecule has 0 saturated carbocycles. The van der Waals surface area contributed by atoms with Crippen LogP contribution in [0.2, 0.25) is 0 Å². The third-order valence-electron chi connectivity index (χ3n) is 3.34. The SMILES string of the molecule is CC(C)C1CC(=O)N(CCCCCC(=O)I)C1=O. The summed E-state index contributed by atoms with van der Waals surface area (Å²) in [5.41, 5.74) is 0. The molecule has 18 heavy (non-hydrogen) atoms. The average Bonchev–Trinajstić information content (AvgIpc) is 2.55. The molecule has 102 valence electrons.